The predicted octanol–water partition coefficient (Wildman–Crippen LogP) is 3.35. The van der Waals surface area contributed by atoms with Crippen LogP contribution >= 0.6 is 11.8 Å². The molecular weight excluding hydrogens is 237 g/mol. The van der Waals surface area contributed by atoms with E-state index in [0.29, 0.717) is 0 Å². The Morgan fingerprint density at radius 1 is 1.24 bits per heavy atom. The van der Waals surface area contributed by atoms with Gasteiger partial charge in [-0.25, -0.2) is 4.39 Å². The molecule has 0 saturated heterocycles. The molecule has 2 aromatic rings. The summed E-state index contributed by atoms with van der Waals surface area (Å²) < 4.78 is 18.0. The van der Waals surface area contributed by atoms with E-state index in [4.69, 9.17) is 10.2 Å². The Labute approximate surface area is 104 Å². The number of rotatable bonds is 5. The maximum atomic E-state index is 12.7. The van der Waals surface area contributed by atoms with E-state index in [2.05, 4.69) is 0 Å². The molecule has 0 aliphatic carbocycles. The molecule has 0 bridgehead atoms. The first-order valence-corrected chi connectivity index (χ1v) is 6.52. The van der Waals surface area contributed by atoms with Crippen LogP contribution in [0.15, 0.2) is 47.1 Å². The van der Waals surface area contributed by atoms with Gasteiger partial charge in [0.25, 0.3) is 0 Å². The molecule has 0 amide bonds. The van der Waals surface area contributed by atoms with E-state index in [1.54, 1.807) is 30.2 Å². The van der Waals surface area contributed by atoms with Gasteiger partial charge in [-0.2, -0.15) is 11.8 Å². The summed E-state index contributed by atoms with van der Waals surface area (Å²) in [6.07, 6.45) is 1.66. The maximum absolute atomic E-state index is 12.7. The molecule has 2 rings (SSSR count). The van der Waals surface area contributed by atoms with E-state index >= 15 is 0 Å². The lowest BCUT2D eigenvalue weighted by Crippen LogP contribution is -2.13. The fourth-order valence-electron chi connectivity index (χ4n) is 1.49. The van der Waals surface area contributed by atoms with Gasteiger partial charge in [-0.3, -0.25) is 0 Å². The van der Waals surface area contributed by atoms with Crippen molar-refractivity contribution < 1.29 is 8.81 Å². The van der Waals surface area contributed by atoms with Crippen LogP contribution in [-0.4, -0.2) is 5.75 Å². The Kier molecular flexibility index (Phi) is 4.23. The molecular formula is C13H14FNOS. The zero-order valence-corrected chi connectivity index (χ0v) is 10.1. The molecule has 0 radical (unpaired) electrons. The Hall–Kier alpha value is -1.26. The molecule has 0 aliphatic rings. The predicted molar refractivity (Wildman–Crippen MR) is 68.2 cm³/mol. The zero-order valence-electron chi connectivity index (χ0n) is 9.30. The first kappa shape index (κ1) is 12.2. The van der Waals surface area contributed by atoms with Crippen molar-refractivity contribution in [1.82, 2.24) is 0 Å². The van der Waals surface area contributed by atoms with Crippen LogP contribution in [0.3, 0.4) is 0 Å². The molecule has 0 spiro atoms. The largest absolute Gasteiger partial charge is 0.468 e. The molecule has 4 heteroatoms. The third kappa shape index (κ3) is 3.61. The first-order valence-electron chi connectivity index (χ1n) is 5.37. The van der Waals surface area contributed by atoms with Crippen LogP contribution in [0, 0.1) is 5.82 Å². The van der Waals surface area contributed by atoms with Crippen molar-refractivity contribution in [1.29, 1.82) is 0 Å². The second-order valence-electron chi connectivity index (χ2n) is 3.75. The third-order valence-electron chi connectivity index (χ3n) is 2.42. The number of nitrogens with two attached hydrogens (primary N) is 1. The summed E-state index contributed by atoms with van der Waals surface area (Å²) in [6.45, 7) is 0. The number of furan rings is 1. The second kappa shape index (κ2) is 5.89. The summed E-state index contributed by atoms with van der Waals surface area (Å²) in [5.41, 5.74) is 6.97. The lowest BCUT2D eigenvalue weighted by molar-refractivity contribution is 0.530. The van der Waals surface area contributed by atoms with Gasteiger partial charge in [0, 0.05) is 11.8 Å². The minimum Gasteiger partial charge on any atom is -0.468 e. The average Bonchev–Trinajstić information content (AvgIpc) is 2.83. The fraction of sp³-hybridized carbons (Fsp3) is 0.231. The van der Waals surface area contributed by atoms with Crippen molar-refractivity contribution in [3.63, 3.8) is 0 Å². The lowest BCUT2D eigenvalue weighted by atomic mass is 10.1. The summed E-state index contributed by atoms with van der Waals surface area (Å²) in [5, 5.41) is 0. The Morgan fingerprint density at radius 2 is 2.00 bits per heavy atom. The van der Waals surface area contributed by atoms with Crippen LogP contribution in [0.5, 0.6) is 0 Å². The quantitative estimate of drug-likeness (QED) is 0.885. The van der Waals surface area contributed by atoms with Gasteiger partial charge in [0.15, 0.2) is 0 Å². The SMILES string of the molecule is NC(CSCc1ccco1)c1ccc(F)cc1. The first-order chi connectivity index (χ1) is 8.25. The minimum atomic E-state index is -0.232. The van der Waals surface area contributed by atoms with E-state index in [9.17, 15) is 4.39 Å². The highest BCUT2D eigenvalue weighted by Crippen LogP contribution is 2.19. The van der Waals surface area contributed by atoms with Crippen LogP contribution in [0.2, 0.25) is 0 Å². The highest BCUT2D eigenvalue weighted by atomic mass is 32.2. The van der Waals surface area contributed by atoms with Crippen molar-refractivity contribution in [2.75, 3.05) is 5.75 Å². The van der Waals surface area contributed by atoms with Gasteiger partial charge in [0.05, 0.1) is 12.0 Å². The van der Waals surface area contributed by atoms with Gasteiger partial charge in [-0.1, -0.05) is 12.1 Å². The average molecular weight is 251 g/mol. The summed E-state index contributed by atoms with van der Waals surface area (Å²) in [4.78, 5) is 0. The van der Waals surface area contributed by atoms with Crippen LogP contribution in [0.1, 0.15) is 17.4 Å². The van der Waals surface area contributed by atoms with E-state index in [1.165, 1.54) is 12.1 Å². The topological polar surface area (TPSA) is 39.2 Å². The lowest BCUT2D eigenvalue weighted by Gasteiger charge is -2.10. The van der Waals surface area contributed by atoms with Gasteiger partial charge < -0.3 is 10.2 Å². The molecule has 1 heterocycles. The van der Waals surface area contributed by atoms with Crippen molar-refractivity contribution in [2.24, 2.45) is 5.73 Å². The smallest absolute Gasteiger partial charge is 0.123 e. The number of hydrogen-bond acceptors (Lipinski definition) is 3. The fourth-order valence-corrected chi connectivity index (χ4v) is 2.42. The zero-order chi connectivity index (χ0) is 12.1. The van der Waals surface area contributed by atoms with Gasteiger partial charge in [-0.05, 0) is 29.8 Å². The number of thioether (sulfide) groups is 1. The monoisotopic (exact) mass is 251 g/mol. The molecule has 90 valence electrons. The third-order valence-corrected chi connectivity index (χ3v) is 3.50. The van der Waals surface area contributed by atoms with Gasteiger partial charge in [-0.15, -0.1) is 0 Å². The van der Waals surface area contributed by atoms with Gasteiger partial charge >= 0.3 is 0 Å². The summed E-state index contributed by atoms with van der Waals surface area (Å²) >= 11 is 1.71. The molecule has 0 saturated carbocycles. The Bertz CT molecular complexity index is 441. The maximum Gasteiger partial charge on any atom is 0.123 e. The highest BCUT2D eigenvalue weighted by molar-refractivity contribution is 7.98. The van der Waals surface area contributed by atoms with E-state index < -0.39 is 0 Å². The normalized spacial score (nSPS) is 12.6. The molecule has 0 aliphatic heterocycles. The molecule has 1 atom stereocenters. The van der Waals surface area contributed by atoms with Crippen molar-refractivity contribution in [3.05, 3.63) is 59.8 Å². The molecule has 1 unspecified atom stereocenters. The molecule has 2 nitrogen and oxygen atoms in total. The van der Waals surface area contributed by atoms with Crippen LogP contribution in [0.4, 0.5) is 4.39 Å². The molecule has 0 fully saturated rings. The van der Waals surface area contributed by atoms with Crippen LogP contribution in [0.25, 0.3) is 0 Å². The standard InChI is InChI=1S/C13H14FNOS/c14-11-5-3-10(4-6-11)13(15)9-17-8-12-2-1-7-16-12/h1-7,13H,8-9,15H2. The van der Waals surface area contributed by atoms with Gasteiger partial charge in [0.1, 0.15) is 11.6 Å². The number of hydrogen-bond donors (Lipinski definition) is 1. The van der Waals surface area contributed by atoms with E-state index in [1.807, 2.05) is 12.1 Å². The highest BCUT2D eigenvalue weighted by Gasteiger charge is 2.06. The van der Waals surface area contributed by atoms with E-state index in [0.717, 1.165) is 22.8 Å². The summed E-state index contributed by atoms with van der Waals surface area (Å²) in [7, 11) is 0. The Balaban J connectivity index is 1.81. The Morgan fingerprint density at radius 3 is 2.65 bits per heavy atom. The molecule has 17 heavy (non-hydrogen) atoms. The number of halogens is 1. The summed E-state index contributed by atoms with van der Waals surface area (Å²) in [6, 6.07) is 10.1. The van der Waals surface area contributed by atoms with Gasteiger partial charge in [0.2, 0.25) is 0 Å². The van der Waals surface area contributed by atoms with Crippen LogP contribution < -0.4 is 5.73 Å². The van der Waals surface area contributed by atoms with Crippen LogP contribution in [-0.2, 0) is 5.75 Å². The minimum absolute atomic E-state index is 0.0736. The van der Waals surface area contributed by atoms with E-state index in [-0.39, 0.29) is 11.9 Å². The second-order valence-corrected chi connectivity index (χ2v) is 4.78. The van der Waals surface area contributed by atoms with Crippen molar-refractivity contribution in [2.45, 2.75) is 11.8 Å². The molecule has 1 aromatic heterocycles. The number of benzene rings is 1. The molecule has 2 N–H and O–H groups in total. The molecule has 1 aromatic carbocycles. The van der Waals surface area contributed by atoms with Crippen molar-refractivity contribution in [3.8, 4) is 0 Å². The van der Waals surface area contributed by atoms with Crippen molar-refractivity contribution >= 4 is 11.8 Å². The summed E-state index contributed by atoms with van der Waals surface area (Å²) in [5.74, 6) is 2.30.